The van der Waals surface area contributed by atoms with E-state index in [1.807, 2.05) is 0 Å². The van der Waals surface area contributed by atoms with Crippen molar-refractivity contribution in [2.24, 2.45) is 5.41 Å². The lowest BCUT2D eigenvalue weighted by Crippen LogP contribution is -2.63. The molecule has 1 aromatic carbocycles. The number of nitrogens with zero attached hydrogens (tertiary/aromatic N) is 2. The Kier molecular flexibility index (Phi) is 6.88. The van der Waals surface area contributed by atoms with Crippen LogP contribution in [0.3, 0.4) is 0 Å². The van der Waals surface area contributed by atoms with Crippen LogP contribution >= 0.6 is 0 Å². The molecule has 37 heavy (non-hydrogen) atoms. The van der Waals surface area contributed by atoms with Crippen molar-refractivity contribution in [2.75, 3.05) is 19.6 Å². The summed E-state index contributed by atoms with van der Waals surface area (Å²) in [6.45, 7) is 5.29. The van der Waals surface area contributed by atoms with Gasteiger partial charge < -0.3 is 10.1 Å². The number of hydrogen-bond donors (Lipinski definition) is 2. The van der Waals surface area contributed by atoms with E-state index in [1.54, 1.807) is 32.9 Å². The second-order valence-corrected chi connectivity index (χ2v) is 12.5. The maximum Gasteiger partial charge on any atom is 0.407 e. The van der Waals surface area contributed by atoms with Gasteiger partial charge in [-0.05, 0) is 51.3 Å². The van der Waals surface area contributed by atoms with Crippen molar-refractivity contribution in [2.45, 2.75) is 63.0 Å². The first-order chi connectivity index (χ1) is 17.2. The summed E-state index contributed by atoms with van der Waals surface area (Å²) in [6, 6.07) is 5.16. The van der Waals surface area contributed by atoms with Gasteiger partial charge in [-0.15, -0.1) is 0 Å². The molecule has 3 fully saturated rings. The molecular weight excluding hydrogens is 504 g/mol. The smallest absolute Gasteiger partial charge is 0.407 e. The fourth-order valence-corrected chi connectivity index (χ4v) is 6.32. The van der Waals surface area contributed by atoms with Gasteiger partial charge in [-0.2, -0.15) is 4.31 Å². The number of piperidine rings is 1. The molecule has 0 radical (unpaired) electrons. The standard InChI is InChI=1S/C24H30N4O8S/c1-23(2,3)36-22(33)25-11-10-15-4-6-16(7-5-15)37(34,35)27-13-24(14-27)12-19(30)28(21(24)32)17-8-9-18(29)26-20(17)31/h4-7,17H,8-14H2,1-3H3,(H,25,33)(H,26,29,31). The van der Waals surface area contributed by atoms with E-state index in [-0.39, 0.29) is 37.2 Å². The first-order valence-electron chi connectivity index (χ1n) is 12.0. The van der Waals surface area contributed by atoms with E-state index in [4.69, 9.17) is 4.74 Å². The van der Waals surface area contributed by atoms with Gasteiger partial charge >= 0.3 is 6.09 Å². The highest BCUT2D eigenvalue weighted by atomic mass is 32.2. The molecule has 3 aliphatic heterocycles. The van der Waals surface area contributed by atoms with Gasteiger partial charge in [0, 0.05) is 32.5 Å². The van der Waals surface area contributed by atoms with Gasteiger partial charge in [0.05, 0.1) is 10.3 Å². The molecule has 0 aromatic heterocycles. The number of carbonyl (C=O) groups excluding carboxylic acids is 5. The minimum atomic E-state index is -3.90. The van der Waals surface area contributed by atoms with Crippen LogP contribution in [0.1, 0.15) is 45.6 Å². The molecule has 5 amide bonds. The van der Waals surface area contributed by atoms with Crippen LogP contribution in [0.4, 0.5) is 4.79 Å². The number of imide groups is 2. The van der Waals surface area contributed by atoms with Gasteiger partial charge in [0.1, 0.15) is 11.6 Å². The van der Waals surface area contributed by atoms with Crippen molar-refractivity contribution in [3.63, 3.8) is 0 Å². The fourth-order valence-electron chi connectivity index (χ4n) is 4.71. The van der Waals surface area contributed by atoms with Gasteiger partial charge in [-0.25, -0.2) is 13.2 Å². The second-order valence-electron chi connectivity index (χ2n) is 10.6. The lowest BCUT2D eigenvalue weighted by Gasteiger charge is -2.44. The zero-order valence-corrected chi connectivity index (χ0v) is 21.7. The summed E-state index contributed by atoms with van der Waals surface area (Å²) < 4.78 is 32.5. The van der Waals surface area contributed by atoms with Crippen LogP contribution in [0, 0.1) is 5.41 Å². The average Bonchev–Trinajstić information content (AvgIpc) is 3.02. The van der Waals surface area contributed by atoms with Crippen molar-refractivity contribution in [1.82, 2.24) is 19.8 Å². The van der Waals surface area contributed by atoms with Gasteiger partial charge in [-0.3, -0.25) is 29.4 Å². The molecule has 0 bridgehead atoms. The first-order valence-corrected chi connectivity index (χ1v) is 13.4. The summed E-state index contributed by atoms with van der Waals surface area (Å²) in [6.07, 6.45) is -0.166. The van der Waals surface area contributed by atoms with Crippen LogP contribution in [0.5, 0.6) is 0 Å². The Morgan fingerprint density at radius 1 is 1.14 bits per heavy atom. The highest BCUT2D eigenvalue weighted by Gasteiger charge is 2.62. The highest BCUT2D eigenvalue weighted by Crippen LogP contribution is 2.44. The van der Waals surface area contributed by atoms with Crippen molar-refractivity contribution < 1.29 is 37.1 Å². The Morgan fingerprint density at radius 2 is 1.78 bits per heavy atom. The number of alkyl carbamates (subject to hydrolysis) is 1. The largest absolute Gasteiger partial charge is 0.444 e. The van der Waals surface area contributed by atoms with Crippen LogP contribution in [-0.4, -0.2) is 78.6 Å². The summed E-state index contributed by atoms with van der Waals surface area (Å²) in [7, 11) is -3.90. The van der Waals surface area contributed by atoms with E-state index in [0.717, 1.165) is 14.8 Å². The molecular formula is C24H30N4O8S. The third-order valence-corrected chi connectivity index (χ3v) is 8.36. The zero-order chi connectivity index (χ0) is 27.2. The van der Waals surface area contributed by atoms with Gasteiger partial charge in [0.2, 0.25) is 33.7 Å². The molecule has 1 unspecified atom stereocenters. The number of ether oxygens (including phenoxy) is 1. The van der Waals surface area contributed by atoms with Crippen LogP contribution in [0.2, 0.25) is 0 Å². The van der Waals surface area contributed by atoms with E-state index in [1.165, 1.54) is 12.1 Å². The van der Waals surface area contributed by atoms with Crippen LogP contribution in [0.25, 0.3) is 0 Å². The molecule has 1 atom stereocenters. The van der Waals surface area contributed by atoms with Gasteiger partial charge in [0.15, 0.2) is 0 Å². The highest BCUT2D eigenvalue weighted by molar-refractivity contribution is 7.89. The van der Waals surface area contributed by atoms with Crippen molar-refractivity contribution in [3.8, 4) is 0 Å². The number of rotatable bonds is 6. The molecule has 0 saturated carbocycles. The molecule has 1 spiro atoms. The predicted molar refractivity (Wildman–Crippen MR) is 128 cm³/mol. The molecule has 2 N–H and O–H groups in total. The number of carbonyl (C=O) groups is 5. The predicted octanol–water partition coefficient (Wildman–Crippen LogP) is 0.309. The third kappa shape index (κ3) is 5.37. The Labute approximate surface area is 214 Å². The normalized spacial score (nSPS) is 22.1. The molecule has 3 aliphatic rings. The SMILES string of the molecule is CC(C)(C)OC(=O)NCCc1ccc(S(=O)(=O)N2CC3(CC(=O)N(C4CCC(=O)NC4=O)C3=O)C2)cc1. The molecule has 200 valence electrons. The first kappa shape index (κ1) is 26.7. The topological polar surface area (TPSA) is 159 Å². The van der Waals surface area contributed by atoms with Crippen LogP contribution in [-0.2, 0) is 40.4 Å². The lowest BCUT2D eigenvalue weighted by atomic mass is 9.80. The number of hydrogen-bond acceptors (Lipinski definition) is 8. The number of nitrogens with one attached hydrogen (secondary N) is 2. The minimum Gasteiger partial charge on any atom is -0.444 e. The summed E-state index contributed by atoms with van der Waals surface area (Å²) in [5.74, 6) is -2.27. The van der Waals surface area contributed by atoms with Gasteiger partial charge in [-0.1, -0.05) is 12.1 Å². The monoisotopic (exact) mass is 534 g/mol. The average molecular weight is 535 g/mol. The summed E-state index contributed by atoms with van der Waals surface area (Å²) in [5, 5.41) is 4.78. The fraction of sp³-hybridized carbons (Fsp3) is 0.542. The Balaban J connectivity index is 1.34. The molecule has 3 heterocycles. The Morgan fingerprint density at radius 3 is 2.38 bits per heavy atom. The summed E-state index contributed by atoms with van der Waals surface area (Å²) in [4.78, 5) is 62.0. The van der Waals surface area contributed by atoms with E-state index >= 15 is 0 Å². The molecule has 12 nitrogen and oxygen atoms in total. The quantitative estimate of drug-likeness (QED) is 0.493. The number of likely N-dealkylation sites (tertiary alicyclic amines) is 1. The Bertz CT molecular complexity index is 1250. The van der Waals surface area contributed by atoms with Crippen molar-refractivity contribution in [1.29, 1.82) is 0 Å². The molecule has 13 heteroatoms. The summed E-state index contributed by atoms with van der Waals surface area (Å²) >= 11 is 0. The second kappa shape index (κ2) is 9.53. The molecule has 3 saturated heterocycles. The zero-order valence-electron chi connectivity index (χ0n) is 20.9. The van der Waals surface area contributed by atoms with E-state index in [9.17, 15) is 32.4 Å². The van der Waals surface area contributed by atoms with E-state index in [2.05, 4.69) is 10.6 Å². The van der Waals surface area contributed by atoms with Crippen molar-refractivity contribution >= 4 is 39.7 Å². The van der Waals surface area contributed by atoms with Crippen molar-refractivity contribution in [3.05, 3.63) is 29.8 Å². The number of benzene rings is 1. The molecule has 1 aromatic rings. The third-order valence-electron chi connectivity index (χ3n) is 6.55. The van der Waals surface area contributed by atoms with Crippen LogP contribution in [0.15, 0.2) is 29.2 Å². The maximum atomic E-state index is 13.1. The maximum absolute atomic E-state index is 13.1. The number of amides is 5. The minimum absolute atomic E-state index is 0.0219. The molecule has 0 aliphatic carbocycles. The number of sulfonamides is 1. The van der Waals surface area contributed by atoms with E-state index in [0.29, 0.717) is 13.0 Å². The lowest BCUT2D eigenvalue weighted by molar-refractivity contribution is -0.154. The Hall–Kier alpha value is -3.32. The van der Waals surface area contributed by atoms with E-state index < -0.39 is 56.8 Å². The summed E-state index contributed by atoms with van der Waals surface area (Å²) in [5.41, 5.74) is -0.986. The molecule has 4 rings (SSSR count). The van der Waals surface area contributed by atoms with Crippen LogP contribution < -0.4 is 10.6 Å². The van der Waals surface area contributed by atoms with Gasteiger partial charge in [0.25, 0.3) is 0 Å².